The van der Waals surface area contributed by atoms with E-state index in [1.54, 1.807) is 0 Å². The van der Waals surface area contributed by atoms with Crippen LogP contribution in [0.25, 0.3) is 0 Å². The van der Waals surface area contributed by atoms with Crippen molar-refractivity contribution in [1.82, 2.24) is 10.3 Å². The van der Waals surface area contributed by atoms with Gasteiger partial charge < -0.3 is 10.2 Å². The summed E-state index contributed by atoms with van der Waals surface area (Å²) in [6, 6.07) is 4.58. The third-order valence-electron chi connectivity index (χ3n) is 3.01. The number of pyridine rings is 1. The molecule has 2 rings (SSSR count). The lowest BCUT2D eigenvalue weighted by atomic mass is 10.0. The highest BCUT2D eigenvalue weighted by atomic mass is 79.9. The fourth-order valence-corrected chi connectivity index (χ4v) is 2.71. The van der Waals surface area contributed by atoms with Gasteiger partial charge in [-0.05, 0) is 47.4 Å². The van der Waals surface area contributed by atoms with E-state index in [2.05, 4.69) is 38.2 Å². The summed E-state index contributed by atoms with van der Waals surface area (Å²) >= 11 is 3.54. The summed E-state index contributed by atoms with van der Waals surface area (Å²) in [5, 5.41) is 3.55. The smallest absolute Gasteiger partial charge is 0.142 e. The zero-order valence-electron chi connectivity index (χ0n) is 9.62. The highest BCUT2D eigenvalue weighted by Gasteiger charge is 2.16. The summed E-state index contributed by atoms with van der Waals surface area (Å²) in [6.07, 6.45) is 5.77. The molecule has 0 aliphatic carbocycles. The average Bonchev–Trinajstić information content (AvgIpc) is 2.31. The minimum Gasteiger partial charge on any atom is -0.357 e. The maximum Gasteiger partial charge on any atom is 0.142 e. The van der Waals surface area contributed by atoms with Gasteiger partial charge >= 0.3 is 0 Å². The maximum absolute atomic E-state index is 4.39. The second-order valence-corrected chi connectivity index (χ2v) is 5.19. The molecule has 1 atom stereocenters. The molecule has 0 spiro atoms. The molecule has 1 fully saturated rings. The SMILES string of the molecule is CN(CC1CCCCN1)c1ncccc1Br. The van der Waals surface area contributed by atoms with Crippen molar-refractivity contribution in [2.45, 2.75) is 25.3 Å². The molecule has 0 radical (unpaired) electrons. The summed E-state index contributed by atoms with van der Waals surface area (Å²) in [5.74, 6) is 1.02. The number of hydrogen-bond acceptors (Lipinski definition) is 3. The molecular weight excluding hydrogens is 266 g/mol. The minimum absolute atomic E-state index is 0.604. The monoisotopic (exact) mass is 283 g/mol. The number of hydrogen-bond donors (Lipinski definition) is 1. The molecule has 1 N–H and O–H groups in total. The van der Waals surface area contributed by atoms with Gasteiger partial charge in [-0.2, -0.15) is 0 Å². The Balaban J connectivity index is 1.96. The van der Waals surface area contributed by atoms with Crippen molar-refractivity contribution in [2.75, 3.05) is 25.0 Å². The Hall–Kier alpha value is -0.610. The number of nitrogens with one attached hydrogen (secondary N) is 1. The van der Waals surface area contributed by atoms with E-state index < -0.39 is 0 Å². The van der Waals surface area contributed by atoms with Crippen molar-refractivity contribution in [3.63, 3.8) is 0 Å². The molecule has 0 aromatic carbocycles. The van der Waals surface area contributed by atoms with Crippen molar-refractivity contribution < 1.29 is 0 Å². The van der Waals surface area contributed by atoms with Gasteiger partial charge in [-0.25, -0.2) is 4.98 Å². The van der Waals surface area contributed by atoms with Crippen LogP contribution < -0.4 is 10.2 Å². The van der Waals surface area contributed by atoms with Crippen LogP contribution in [0.15, 0.2) is 22.8 Å². The largest absolute Gasteiger partial charge is 0.357 e. The van der Waals surface area contributed by atoms with E-state index in [1.165, 1.54) is 19.3 Å². The number of nitrogens with zero attached hydrogens (tertiary/aromatic N) is 2. The maximum atomic E-state index is 4.39. The van der Waals surface area contributed by atoms with Crippen molar-refractivity contribution in [2.24, 2.45) is 0 Å². The first-order chi connectivity index (χ1) is 7.77. The van der Waals surface area contributed by atoms with Gasteiger partial charge in [0.05, 0.1) is 4.47 Å². The van der Waals surface area contributed by atoms with Gasteiger partial charge in [0, 0.05) is 25.8 Å². The van der Waals surface area contributed by atoms with Gasteiger partial charge in [0.15, 0.2) is 0 Å². The first-order valence-electron chi connectivity index (χ1n) is 5.82. The lowest BCUT2D eigenvalue weighted by Crippen LogP contribution is -2.42. The molecule has 1 unspecified atom stereocenters. The van der Waals surface area contributed by atoms with Gasteiger partial charge in [-0.15, -0.1) is 0 Å². The Bertz CT molecular complexity index is 337. The van der Waals surface area contributed by atoms with Crippen molar-refractivity contribution >= 4 is 21.7 Å². The number of halogens is 1. The van der Waals surface area contributed by atoms with Gasteiger partial charge in [0.25, 0.3) is 0 Å². The number of piperidine rings is 1. The molecule has 4 heteroatoms. The highest BCUT2D eigenvalue weighted by molar-refractivity contribution is 9.10. The molecule has 1 aromatic rings. The summed E-state index contributed by atoms with van der Waals surface area (Å²) in [6.45, 7) is 2.18. The van der Waals surface area contributed by atoms with Crippen LogP contribution >= 0.6 is 15.9 Å². The third kappa shape index (κ3) is 2.95. The van der Waals surface area contributed by atoms with Crippen molar-refractivity contribution in [3.05, 3.63) is 22.8 Å². The molecule has 0 amide bonds. The van der Waals surface area contributed by atoms with Crippen LogP contribution in [0.4, 0.5) is 5.82 Å². The van der Waals surface area contributed by atoms with E-state index in [-0.39, 0.29) is 0 Å². The summed E-state index contributed by atoms with van der Waals surface area (Å²) in [4.78, 5) is 6.61. The molecule has 1 saturated heterocycles. The average molecular weight is 284 g/mol. The molecule has 0 saturated carbocycles. The standard InChI is InChI=1S/C12H18BrN3/c1-16(9-10-5-2-3-7-14-10)12-11(13)6-4-8-15-12/h4,6,8,10,14H,2-3,5,7,9H2,1H3. The van der Waals surface area contributed by atoms with E-state index in [4.69, 9.17) is 0 Å². The number of rotatable bonds is 3. The van der Waals surface area contributed by atoms with Gasteiger partial charge in [-0.3, -0.25) is 0 Å². The topological polar surface area (TPSA) is 28.2 Å². The Morgan fingerprint density at radius 3 is 3.12 bits per heavy atom. The van der Waals surface area contributed by atoms with E-state index in [0.29, 0.717) is 6.04 Å². The first kappa shape index (κ1) is 11.9. The Kier molecular flexibility index (Phi) is 4.18. The van der Waals surface area contributed by atoms with Crippen molar-refractivity contribution in [3.8, 4) is 0 Å². The number of aromatic nitrogens is 1. The van der Waals surface area contributed by atoms with Gasteiger partial charge in [0.1, 0.15) is 5.82 Å². The lowest BCUT2D eigenvalue weighted by molar-refractivity contribution is 0.403. The first-order valence-corrected chi connectivity index (χ1v) is 6.61. The summed E-state index contributed by atoms with van der Waals surface area (Å²) in [5.41, 5.74) is 0. The number of likely N-dealkylation sites (N-methyl/N-ethyl adjacent to an activating group) is 1. The molecule has 16 heavy (non-hydrogen) atoms. The zero-order valence-corrected chi connectivity index (χ0v) is 11.2. The van der Waals surface area contributed by atoms with Crippen LogP contribution in [0.3, 0.4) is 0 Å². The Labute approximate surface area is 105 Å². The predicted octanol–water partition coefficient (Wildman–Crippen LogP) is 2.42. The Morgan fingerprint density at radius 2 is 2.44 bits per heavy atom. The predicted molar refractivity (Wildman–Crippen MR) is 70.8 cm³/mol. The van der Waals surface area contributed by atoms with Crippen LogP contribution in [0.2, 0.25) is 0 Å². The minimum atomic E-state index is 0.604. The van der Waals surface area contributed by atoms with E-state index in [1.807, 2.05) is 18.3 Å². The normalized spacial score (nSPS) is 20.8. The zero-order chi connectivity index (χ0) is 11.4. The highest BCUT2D eigenvalue weighted by Crippen LogP contribution is 2.22. The summed E-state index contributed by atoms with van der Waals surface area (Å²) in [7, 11) is 2.10. The fourth-order valence-electron chi connectivity index (χ4n) is 2.16. The molecule has 0 bridgehead atoms. The molecule has 1 aliphatic heterocycles. The molecule has 88 valence electrons. The quantitative estimate of drug-likeness (QED) is 0.924. The third-order valence-corrected chi connectivity index (χ3v) is 3.63. The summed E-state index contributed by atoms with van der Waals surface area (Å²) < 4.78 is 1.06. The van der Waals surface area contributed by atoms with Crippen LogP contribution in [0.1, 0.15) is 19.3 Å². The molecule has 3 nitrogen and oxygen atoms in total. The second-order valence-electron chi connectivity index (χ2n) is 4.34. The fraction of sp³-hybridized carbons (Fsp3) is 0.583. The van der Waals surface area contributed by atoms with Gasteiger partial charge in [0.2, 0.25) is 0 Å². The molecular formula is C12H18BrN3. The van der Waals surface area contributed by atoms with Crippen LogP contribution in [-0.2, 0) is 0 Å². The van der Waals surface area contributed by atoms with E-state index in [9.17, 15) is 0 Å². The van der Waals surface area contributed by atoms with Gasteiger partial charge in [-0.1, -0.05) is 6.42 Å². The Morgan fingerprint density at radius 1 is 1.56 bits per heavy atom. The molecule has 1 aromatic heterocycles. The lowest BCUT2D eigenvalue weighted by Gasteiger charge is -2.29. The van der Waals surface area contributed by atoms with E-state index in [0.717, 1.165) is 23.4 Å². The van der Waals surface area contributed by atoms with E-state index >= 15 is 0 Å². The van der Waals surface area contributed by atoms with Crippen LogP contribution in [0, 0.1) is 0 Å². The van der Waals surface area contributed by atoms with Crippen molar-refractivity contribution in [1.29, 1.82) is 0 Å². The molecule has 1 aliphatic rings. The van der Waals surface area contributed by atoms with Crippen LogP contribution in [0.5, 0.6) is 0 Å². The molecule has 2 heterocycles. The van der Waals surface area contributed by atoms with Crippen LogP contribution in [-0.4, -0.2) is 31.2 Å². The number of anilines is 1. The second kappa shape index (κ2) is 5.64.